The number of fused-ring (bicyclic) bond motifs is 1. The monoisotopic (exact) mass is 516 g/mol. The topological polar surface area (TPSA) is 94.6 Å². The third-order valence-corrected chi connectivity index (χ3v) is 6.90. The van der Waals surface area contributed by atoms with Crippen LogP contribution in [0.3, 0.4) is 0 Å². The standard InChI is InChI=1S/C30H29ClN2O4/c1-17-12-22(13-18(2)28(17)31)35-16-26(34)36-21-10-11-23-25(14-21)37-29(33)24(15-32)27(23)19-6-8-20(9-7-19)30(3,4)5/h6-14,27H,16,33H2,1-5H3. The summed E-state index contributed by atoms with van der Waals surface area (Å²) in [4.78, 5) is 12.5. The van der Waals surface area contributed by atoms with E-state index in [1.165, 1.54) is 5.56 Å². The highest BCUT2D eigenvalue weighted by Crippen LogP contribution is 2.43. The molecule has 0 bridgehead atoms. The molecule has 37 heavy (non-hydrogen) atoms. The molecule has 1 heterocycles. The van der Waals surface area contributed by atoms with Crippen LogP contribution < -0.4 is 19.9 Å². The molecule has 6 nitrogen and oxygen atoms in total. The maximum absolute atomic E-state index is 12.5. The molecule has 0 aromatic heterocycles. The summed E-state index contributed by atoms with van der Waals surface area (Å²) >= 11 is 6.19. The number of halogens is 1. The van der Waals surface area contributed by atoms with Crippen molar-refractivity contribution in [3.8, 4) is 23.3 Å². The summed E-state index contributed by atoms with van der Waals surface area (Å²) in [5, 5.41) is 10.5. The van der Waals surface area contributed by atoms with Gasteiger partial charge in [-0.3, -0.25) is 0 Å². The summed E-state index contributed by atoms with van der Waals surface area (Å²) in [5.41, 5.74) is 11.1. The van der Waals surface area contributed by atoms with Crippen molar-refractivity contribution in [3.05, 3.63) is 98.9 Å². The van der Waals surface area contributed by atoms with E-state index in [1.807, 2.05) is 26.0 Å². The van der Waals surface area contributed by atoms with Gasteiger partial charge < -0.3 is 19.9 Å². The summed E-state index contributed by atoms with van der Waals surface area (Å²) in [5.74, 6) is 0.304. The first kappa shape index (κ1) is 26.1. The number of benzene rings is 3. The predicted molar refractivity (Wildman–Crippen MR) is 143 cm³/mol. The number of nitrogens with two attached hydrogens (primary N) is 1. The summed E-state index contributed by atoms with van der Waals surface area (Å²) in [6, 6.07) is 18.9. The maximum atomic E-state index is 12.5. The molecule has 1 aliphatic heterocycles. The zero-order chi connectivity index (χ0) is 26.9. The average Bonchev–Trinajstić information content (AvgIpc) is 2.84. The van der Waals surface area contributed by atoms with Crippen molar-refractivity contribution in [2.45, 2.75) is 46.0 Å². The Balaban J connectivity index is 1.54. The van der Waals surface area contributed by atoms with E-state index in [9.17, 15) is 10.1 Å². The second kappa shape index (κ2) is 10.2. The van der Waals surface area contributed by atoms with Gasteiger partial charge in [0.25, 0.3) is 0 Å². The molecule has 0 aliphatic carbocycles. The van der Waals surface area contributed by atoms with E-state index in [4.69, 9.17) is 31.5 Å². The lowest BCUT2D eigenvalue weighted by Crippen LogP contribution is -2.22. The fourth-order valence-corrected chi connectivity index (χ4v) is 4.42. The molecule has 1 aliphatic rings. The van der Waals surface area contributed by atoms with E-state index in [0.29, 0.717) is 22.1 Å². The van der Waals surface area contributed by atoms with Crippen molar-refractivity contribution in [2.24, 2.45) is 5.73 Å². The van der Waals surface area contributed by atoms with E-state index < -0.39 is 11.9 Å². The van der Waals surface area contributed by atoms with Crippen LogP contribution in [0.1, 0.15) is 54.5 Å². The lowest BCUT2D eigenvalue weighted by molar-refractivity contribution is -0.136. The number of allylic oxidation sites excluding steroid dienone is 1. The van der Waals surface area contributed by atoms with E-state index in [2.05, 4.69) is 39.0 Å². The molecule has 0 amide bonds. The van der Waals surface area contributed by atoms with Gasteiger partial charge in [0.05, 0.1) is 5.92 Å². The fourth-order valence-electron chi connectivity index (χ4n) is 4.31. The second-order valence-electron chi connectivity index (χ2n) is 10.1. The van der Waals surface area contributed by atoms with Gasteiger partial charge in [-0.25, -0.2) is 4.79 Å². The number of nitriles is 1. The number of carbonyl (C=O) groups is 1. The molecule has 0 saturated heterocycles. The molecule has 1 unspecified atom stereocenters. The lowest BCUT2D eigenvalue weighted by atomic mass is 9.81. The zero-order valence-corrected chi connectivity index (χ0v) is 22.3. The Kier molecular flexibility index (Phi) is 7.20. The molecule has 3 aromatic rings. The van der Waals surface area contributed by atoms with Crippen LogP contribution in [0, 0.1) is 25.2 Å². The van der Waals surface area contributed by atoms with Gasteiger partial charge in [-0.05, 0) is 59.7 Å². The molecule has 190 valence electrons. The minimum Gasteiger partial charge on any atom is -0.482 e. The fraction of sp³-hybridized carbons (Fsp3) is 0.267. The Labute approximate surface area is 222 Å². The number of carbonyl (C=O) groups excluding carboxylic acids is 1. The number of aryl methyl sites for hydroxylation is 2. The maximum Gasteiger partial charge on any atom is 0.349 e. The van der Waals surface area contributed by atoms with Crippen LogP contribution in [0.4, 0.5) is 0 Å². The number of esters is 1. The van der Waals surface area contributed by atoms with Crippen molar-refractivity contribution in [2.75, 3.05) is 6.61 Å². The van der Waals surface area contributed by atoms with Crippen LogP contribution in [0.2, 0.25) is 5.02 Å². The van der Waals surface area contributed by atoms with Crippen molar-refractivity contribution in [1.29, 1.82) is 5.26 Å². The molecular weight excluding hydrogens is 488 g/mol. The van der Waals surface area contributed by atoms with Crippen molar-refractivity contribution >= 4 is 17.6 Å². The van der Waals surface area contributed by atoms with Crippen molar-refractivity contribution in [1.82, 2.24) is 0 Å². The third kappa shape index (κ3) is 5.58. The molecule has 0 saturated carbocycles. The highest BCUT2D eigenvalue weighted by atomic mass is 35.5. The van der Waals surface area contributed by atoms with E-state index in [-0.39, 0.29) is 23.7 Å². The van der Waals surface area contributed by atoms with Gasteiger partial charge >= 0.3 is 5.97 Å². The van der Waals surface area contributed by atoms with Gasteiger partial charge in [-0.1, -0.05) is 62.7 Å². The average molecular weight is 517 g/mol. The normalized spacial score (nSPS) is 14.9. The lowest BCUT2D eigenvalue weighted by Gasteiger charge is -2.27. The van der Waals surface area contributed by atoms with Gasteiger partial charge in [0.2, 0.25) is 5.88 Å². The van der Waals surface area contributed by atoms with E-state index in [0.717, 1.165) is 22.3 Å². The molecule has 0 radical (unpaired) electrons. The molecular formula is C30H29ClN2O4. The first-order chi connectivity index (χ1) is 17.5. The number of nitrogens with zero attached hydrogens (tertiary/aromatic N) is 1. The van der Waals surface area contributed by atoms with Crippen molar-refractivity contribution in [3.63, 3.8) is 0 Å². The minimum absolute atomic E-state index is 0.00669. The Morgan fingerprint density at radius 1 is 1.05 bits per heavy atom. The van der Waals surface area contributed by atoms with Gasteiger partial charge in [-0.2, -0.15) is 5.26 Å². The number of hydrogen-bond donors (Lipinski definition) is 1. The minimum atomic E-state index is -0.573. The van der Waals surface area contributed by atoms with Crippen LogP contribution >= 0.6 is 11.6 Å². The summed E-state index contributed by atoms with van der Waals surface area (Å²) in [7, 11) is 0. The SMILES string of the molecule is Cc1cc(OCC(=O)Oc2ccc3c(c2)OC(N)=C(C#N)C3c2ccc(C(C)(C)C)cc2)cc(C)c1Cl. The molecule has 7 heteroatoms. The van der Waals surface area contributed by atoms with Crippen molar-refractivity contribution < 1.29 is 19.0 Å². The van der Waals surface area contributed by atoms with E-state index >= 15 is 0 Å². The molecule has 0 spiro atoms. The van der Waals surface area contributed by atoms with Crippen LogP contribution in [0.25, 0.3) is 0 Å². The summed E-state index contributed by atoms with van der Waals surface area (Å²) < 4.78 is 16.8. The third-order valence-electron chi connectivity index (χ3n) is 6.30. The molecule has 2 N–H and O–H groups in total. The molecule has 1 atom stereocenters. The zero-order valence-electron chi connectivity index (χ0n) is 21.5. The van der Waals surface area contributed by atoms with Gasteiger partial charge in [0.1, 0.15) is 28.9 Å². The highest BCUT2D eigenvalue weighted by Gasteiger charge is 2.31. The van der Waals surface area contributed by atoms with Crippen LogP contribution in [0.5, 0.6) is 17.2 Å². The summed E-state index contributed by atoms with van der Waals surface area (Å²) in [6.07, 6.45) is 0. The van der Waals surface area contributed by atoms with Gasteiger partial charge in [0.15, 0.2) is 6.61 Å². The van der Waals surface area contributed by atoms with E-state index in [1.54, 1.807) is 30.3 Å². The number of ether oxygens (including phenoxy) is 3. The quantitative estimate of drug-likeness (QED) is 0.309. The smallest absolute Gasteiger partial charge is 0.349 e. The van der Waals surface area contributed by atoms with Crippen LogP contribution in [0.15, 0.2) is 66.1 Å². The first-order valence-electron chi connectivity index (χ1n) is 11.9. The largest absolute Gasteiger partial charge is 0.482 e. The molecule has 4 rings (SSSR count). The Morgan fingerprint density at radius 3 is 2.30 bits per heavy atom. The van der Waals surface area contributed by atoms with Gasteiger partial charge in [-0.15, -0.1) is 0 Å². The van der Waals surface area contributed by atoms with Crippen LogP contribution in [-0.4, -0.2) is 12.6 Å². The summed E-state index contributed by atoms with van der Waals surface area (Å²) in [6.45, 7) is 9.92. The Morgan fingerprint density at radius 2 is 1.70 bits per heavy atom. The molecule has 3 aromatic carbocycles. The number of hydrogen-bond acceptors (Lipinski definition) is 6. The van der Waals surface area contributed by atoms with Crippen LogP contribution in [-0.2, 0) is 10.2 Å². The molecule has 0 fully saturated rings. The predicted octanol–water partition coefficient (Wildman–Crippen LogP) is 6.46. The number of rotatable bonds is 5. The first-order valence-corrected chi connectivity index (χ1v) is 12.3. The Hall–Kier alpha value is -3.95. The highest BCUT2D eigenvalue weighted by molar-refractivity contribution is 6.32. The Bertz CT molecular complexity index is 1410. The second-order valence-corrected chi connectivity index (χ2v) is 10.5. The van der Waals surface area contributed by atoms with Gasteiger partial charge in [0, 0.05) is 16.7 Å².